The third-order valence-electron chi connectivity index (χ3n) is 3.59. The second kappa shape index (κ2) is 10.4. The Bertz CT molecular complexity index is 772. The van der Waals surface area contributed by atoms with Crippen LogP contribution in [0.5, 0.6) is 0 Å². The molecule has 2 rings (SSSR count). The molecule has 6 nitrogen and oxygen atoms in total. The zero-order valence-corrected chi connectivity index (χ0v) is 17.2. The molecule has 11 heteroatoms. The van der Waals surface area contributed by atoms with Gasteiger partial charge in [-0.1, -0.05) is 6.07 Å². The van der Waals surface area contributed by atoms with Crippen molar-refractivity contribution < 1.29 is 18.0 Å². The first-order valence-electron chi connectivity index (χ1n) is 8.52. The summed E-state index contributed by atoms with van der Waals surface area (Å²) in [6.45, 7) is 0.959. The minimum Gasteiger partial charge on any atom is -0.356 e. The highest BCUT2D eigenvalue weighted by Gasteiger charge is 2.33. The van der Waals surface area contributed by atoms with Crippen LogP contribution in [0, 0.1) is 0 Å². The summed E-state index contributed by atoms with van der Waals surface area (Å²) < 4.78 is 37.8. The normalized spacial score (nSPS) is 12.1. The summed E-state index contributed by atoms with van der Waals surface area (Å²) in [6.07, 6.45) is -3.29. The van der Waals surface area contributed by atoms with Crippen LogP contribution in [0.4, 0.5) is 13.2 Å². The van der Waals surface area contributed by atoms with Crippen molar-refractivity contribution in [3.05, 3.63) is 38.5 Å². The third-order valence-corrected chi connectivity index (χ3v) is 5.43. The number of aromatic nitrogens is 1. The number of alkyl halides is 3. The van der Waals surface area contributed by atoms with Gasteiger partial charge in [-0.05, 0) is 17.9 Å². The van der Waals surface area contributed by atoms with Gasteiger partial charge in [0.15, 0.2) is 11.7 Å². The highest BCUT2D eigenvalue weighted by atomic mass is 32.1. The van der Waals surface area contributed by atoms with Crippen molar-refractivity contribution in [3.63, 3.8) is 0 Å². The van der Waals surface area contributed by atoms with E-state index in [9.17, 15) is 18.0 Å². The van der Waals surface area contributed by atoms with E-state index in [2.05, 4.69) is 20.6 Å². The molecule has 28 heavy (non-hydrogen) atoms. The van der Waals surface area contributed by atoms with E-state index in [0.717, 1.165) is 23.1 Å². The van der Waals surface area contributed by atoms with Crippen molar-refractivity contribution in [1.82, 2.24) is 20.5 Å². The van der Waals surface area contributed by atoms with Crippen LogP contribution >= 0.6 is 22.7 Å². The van der Waals surface area contributed by atoms with E-state index in [1.54, 1.807) is 25.4 Å². The minimum atomic E-state index is -4.43. The number of hydrogen-bond acceptors (Lipinski definition) is 5. The number of likely N-dealkylation sites (N-methyl/N-ethyl adjacent to an activating group) is 1. The Kier molecular flexibility index (Phi) is 8.24. The molecule has 0 aromatic carbocycles. The molecule has 0 aliphatic rings. The van der Waals surface area contributed by atoms with Crippen LogP contribution in [-0.4, -0.2) is 55.5 Å². The molecular formula is C17H22F3N5OS2. The fourth-order valence-electron chi connectivity index (χ4n) is 2.07. The largest absolute Gasteiger partial charge is 0.434 e. The van der Waals surface area contributed by atoms with Crippen molar-refractivity contribution in [2.24, 2.45) is 4.99 Å². The SMILES string of the molecule is CN(C)C(=O)CN=C(NCCc1cccs1)NCCc1nc(C(F)(F)F)cs1. The summed E-state index contributed by atoms with van der Waals surface area (Å²) in [5.41, 5.74) is -0.868. The Morgan fingerprint density at radius 3 is 2.50 bits per heavy atom. The number of halogens is 3. The molecule has 2 N–H and O–H groups in total. The lowest BCUT2D eigenvalue weighted by Crippen LogP contribution is -2.40. The molecule has 2 aromatic rings. The van der Waals surface area contributed by atoms with E-state index in [1.807, 2.05) is 17.5 Å². The molecule has 0 saturated heterocycles. The summed E-state index contributed by atoms with van der Waals surface area (Å²) in [5, 5.41) is 9.60. The van der Waals surface area contributed by atoms with E-state index in [-0.39, 0.29) is 12.5 Å². The Morgan fingerprint density at radius 2 is 1.93 bits per heavy atom. The van der Waals surface area contributed by atoms with Gasteiger partial charge < -0.3 is 15.5 Å². The molecule has 0 aliphatic carbocycles. The van der Waals surface area contributed by atoms with Gasteiger partial charge in [-0.25, -0.2) is 9.98 Å². The van der Waals surface area contributed by atoms with Crippen LogP contribution in [0.2, 0.25) is 0 Å². The number of carbonyl (C=O) groups excluding carboxylic acids is 1. The second-order valence-electron chi connectivity index (χ2n) is 6.01. The average molecular weight is 434 g/mol. The highest BCUT2D eigenvalue weighted by Crippen LogP contribution is 2.29. The highest BCUT2D eigenvalue weighted by molar-refractivity contribution is 7.10. The van der Waals surface area contributed by atoms with Crippen LogP contribution in [0.3, 0.4) is 0 Å². The van der Waals surface area contributed by atoms with Gasteiger partial charge >= 0.3 is 6.18 Å². The molecule has 0 aliphatic heterocycles. The number of thiazole rings is 1. The molecule has 0 fully saturated rings. The lowest BCUT2D eigenvalue weighted by atomic mass is 10.3. The van der Waals surface area contributed by atoms with E-state index in [1.165, 1.54) is 9.78 Å². The van der Waals surface area contributed by atoms with Crippen LogP contribution in [0.15, 0.2) is 27.9 Å². The molecule has 0 unspecified atom stereocenters. The maximum Gasteiger partial charge on any atom is 0.434 e. The van der Waals surface area contributed by atoms with Gasteiger partial charge in [0.2, 0.25) is 5.91 Å². The van der Waals surface area contributed by atoms with Gasteiger partial charge in [0.1, 0.15) is 6.54 Å². The zero-order valence-electron chi connectivity index (χ0n) is 15.5. The summed E-state index contributed by atoms with van der Waals surface area (Å²) in [6, 6.07) is 4.01. The molecule has 2 heterocycles. The summed E-state index contributed by atoms with van der Waals surface area (Å²) in [7, 11) is 3.30. The van der Waals surface area contributed by atoms with E-state index < -0.39 is 11.9 Å². The van der Waals surface area contributed by atoms with Crippen molar-refractivity contribution in [3.8, 4) is 0 Å². The smallest absolute Gasteiger partial charge is 0.356 e. The fourth-order valence-corrected chi connectivity index (χ4v) is 3.58. The van der Waals surface area contributed by atoms with Crippen molar-refractivity contribution in [2.75, 3.05) is 33.7 Å². The third kappa shape index (κ3) is 7.47. The minimum absolute atomic E-state index is 0.0171. The number of guanidine groups is 1. The molecule has 0 atom stereocenters. The second-order valence-corrected chi connectivity index (χ2v) is 7.99. The molecule has 1 amide bonds. The monoisotopic (exact) mass is 433 g/mol. The maximum atomic E-state index is 12.6. The Balaban J connectivity index is 1.87. The summed E-state index contributed by atoms with van der Waals surface area (Å²) >= 11 is 2.63. The average Bonchev–Trinajstić information content (AvgIpc) is 3.30. The number of thiophene rings is 1. The van der Waals surface area contributed by atoms with Gasteiger partial charge in [0, 0.05) is 43.9 Å². The molecule has 154 valence electrons. The van der Waals surface area contributed by atoms with Crippen molar-refractivity contribution in [1.29, 1.82) is 0 Å². The number of carbonyl (C=O) groups is 1. The predicted molar refractivity (Wildman–Crippen MR) is 106 cm³/mol. The molecule has 2 aromatic heterocycles. The van der Waals surface area contributed by atoms with Crippen molar-refractivity contribution >= 4 is 34.5 Å². The van der Waals surface area contributed by atoms with E-state index >= 15 is 0 Å². The quantitative estimate of drug-likeness (QED) is 0.496. The Labute approximate surface area is 169 Å². The first kappa shape index (κ1) is 22.2. The standard InChI is InChI=1S/C17H22F3N5OS2/c1-25(2)15(26)10-23-16(21-7-5-12-4-3-9-27-12)22-8-6-14-24-13(11-28-14)17(18,19)20/h3-4,9,11H,5-8,10H2,1-2H3,(H2,21,22,23). The number of hydrogen-bond donors (Lipinski definition) is 2. The fraction of sp³-hybridized carbons (Fsp3) is 0.471. The molecule has 0 radical (unpaired) electrons. The maximum absolute atomic E-state index is 12.6. The molecular weight excluding hydrogens is 411 g/mol. The van der Waals surface area contributed by atoms with Gasteiger partial charge in [-0.2, -0.15) is 13.2 Å². The van der Waals surface area contributed by atoms with Gasteiger partial charge in [0.25, 0.3) is 0 Å². The van der Waals surface area contributed by atoms with E-state index in [4.69, 9.17) is 0 Å². The van der Waals surface area contributed by atoms with Gasteiger partial charge in [0.05, 0.1) is 5.01 Å². The molecule has 0 saturated carbocycles. The zero-order chi connectivity index (χ0) is 20.6. The molecule has 0 spiro atoms. The van der Waals surface area contributed by atoms with Crippen LogP contribution < -0.4 is 10.6 Å². The summed E-state index contributed by atoms with van der Waals surface area (Å²) in [5.74, 6) is 0.299. The van der Waals surface area contributed by atoms with Crippen LogP contribution in [0.1, 0.15) is 15.6 Å². The van der Waals surface area contributed by atoms with Crippen LogP contribution in [-0.2, 0) is 23.8 Å². The number of aliphatic imine (C=N–C) groups is 1. The van der Waals surface area contributed by atoms with E-state index in [0.29, 0.717) is 30.5 Å². The first-order valence-corrected chi connectivity index (χ1v) is 10.3. The van der Waals surface area contributed by atoms with Crippen molar-refractivity contribution in [2.45, 2.75) is 19.0 Å². The predicted octanol–water partition coefficient (Wildman–Crippen LogP) is 2.63. The topological polar surface area (TPSA) is 69.6 Å². The van der Waals surface area contributed by atoms with Gasteiger partial charge in [-0.15, -0.1) is 22.7 Å². The summed E-state index contributed by atoms with van der Waals surface area (Å²) in [4.78, 5) is 22.3. The number of nitrogens with zero attached hydrogens (tertiary/aromatic N) is 3. The Hall–Kier alpha value is -2.14. The van der Waals surface area contributed by atoms with Gasteiger partial charge in [-0.3, -0.25) is 4.79 Å². The van der Waals surface area contributed by atoms with Crippen LogP contribution in [0.25, 0.3) is 0 Å². The first-order chi connectivity index (χ1) is 13.3. The number of amides is 1. The Morgan fingerprint density at radius 1 is 1.21 bits per heavy atom. The lowest BCUT2D eigenvalue weighted by Gasteiger charge is -2.13. The lowest BCUT2D eigenvalue weighted by molar-refractivity contribution is -0.140. The number of rotatable bonds is 8. The molecule has 0 bridgehead atoms. The number of nitrogens with one attached hydrogen (secondary N) is 2.